The SMILES string of the molecule is COC(=O)c1coc(CNCC2CCC(O)CC2)c1. The molecule has 0 amide bonds. The lowest BCUT2D eigenvalue weighted by atomic mass is 9.87. The lowest BCUT2D eigenvalue weighted by Crippen LogP contribution is -2.27. The van der Waals surface area contributed by atoms with Crippen molar-refractivity contribution in [1.29, 1.82) is 0 Å². The molecule has 1 saturated carbocycles. The molecule has 0 radical (unpaired) electrons. The van der Waals surface area contributed by atoms with Crippen LogP contribution in [0.2, 0.25) is 0 Å². The van der Waals surface area contributed by atoms with E-state index in [9.17, 15) is 9.90 Å². The van der Waals surface area contributed by atoms with Crippen molar-refractivity contribution in [3.8, 4) is 0 Å². The standard InChI is InChI=1S/C14H21NO4/c1-18-14(17)11-6-13(19-9-11)8-15-7-10-2-4-12(16)5-3-10/h6,9-10,12,15-16H,2-5,7-8H2,1H3. The van der Waals surface area contributed by atoms with Crippen LogP contribution in [0, 0.1) is 5.92 Å². The Morgan fingerprint density at radius 3 is 2.89 bits per heavy atom. The average Bonchev–Trinajstić information content (AvgIpc) is 2.89. The number of methoxy groups -OCH3 is 1. The molecule has 1 heterocycles. The zero-order valence-corrected chi connectivity index (χ0v) is 11.2. The normalized spacial score (nSPS) is 23.3. The molecule has 19 heavy (non-hydrogen) atoms. The molecule has 0 spiro atoms. The third-order valence-corrected chi connectivity index (χ3v) is 3.62. The smallest absolute Gasteiger partial charge is 0.341 e. The summed E-state index contributed by atoms with van der Waals surface area (Å²) < 4.78 is 9.91. The molecule has 0 bridgehead atoms. The van der Waals surface area contributed by atoms with Gasteiger partial charge in [0.15, 0.2) is 0 Å². The molecule has 2 N–H and O–H groups in total. The minimum Gasteiger partial charge on any atom is -0.467 e. The third kappa shape index (κ3) is 4.08. The number of hydrogen-bond acceptors (Lipinski definition) is 5. The molecule has 0 aliphatic heterocycles. The van der Waals surface area contributed by atoms with Gasteiger partial charge < -0.3 is 19.6 Å². The van der Waals surface area contributed by atoms with Gasteiger partial charge in [0, 0.05) is 0 Å². The fourth-order valence-electron chi connectivity index (χ4n) is 2.45. The number of aliphatic hydroxyl groups is 1. The van der Waals surface area contributed by atoms with Gasteiger partial charge in [-0.1, -0.05) is 0 Å². The molecule has 0 aromatic carbocycles. The summed E-state index contributed by atoms with van der Waals surface area (Å²) >= 11 is 0. The van der Waals surface area contributed by atoms with Crippen LogP contribution < -0.4 is 5.32 Å². The second kappa shape index (κ2) is 6.73. The molecule has 5 heteroatoms. The minimum atomic E-state index is -0.378. The third-order valence-electron chi connectivity index (χ3n) is 3.62. The molecule has 1 aliphatic rings. The van der Waals surface area contributed by atoms with E-state index in [1.165, 1.54) is 13.4 Å². The van der Waals surface area contributed by atoms with Gasteiger partial charge in [0.05, 0.1) is 25.3 Å². The van der Waals surface area contributed by atoms with Gasteiger partial charge in [0.2, 0.25) is 0 Å². The zero-order valence-electron chi connectivity index (χ0n) is 11.2. The number of esters is 1. The van der Waals surface area contributed by atoms with Crippen molar-refractivity contribution < 1.29 is 19.1 Å². The summed E-state index contributed by atoms with van der Waals surface area (Å²) in [7, 11) is 1.35. The Morgan fingerprint density at radius 1 is 1.47 bits per heavy atom. The van der Waals surface area contributed by atoms with Gasteiger partial charge in [0.25, 0.3) is 0 Å². The van der Waals surface area contributed by atoms with Crippen LogP contribution in [0.1, 0.15) is 41.8 Å². The number of nitrogens with one attached hydrogen (secondary N) is 1. The molecule has 0 unspecified atom stereocenters. The fourth-order valence-corrected chi connectivity index (χ4v) is 2.45. The second-order valence-electron chi connectivity index (χ2n) is 5.10. The van der Waals surface area contributed by atoms with Crippen molar-refractivity contribution in [2.24, 2.45) is 5.92 Å². The Balaban J connectivity index is 1.71. The Kier molecular flexibility index (Phi) is 4.99. The monoisotopic (exact) mass is 267 g/mol. The van der Waals surface area contributed by atoms with E-state index >= 15 is 0 Å². The highest BCUT2D eigenvalue weighted by Gasteiger charge is 2.19. The predicted octanol–water partition coefficient (Wildman–Crippen LogP) is 1.71. The molecule has 2 rings (SSSR count). The Bertz CT molecular complexity index is 407. The largest absolute Gasteiger partial charge is 0.467 e. The van der Waals surface area contributed by atoms with Gasteiger partial charge in [0.1, 0.15) is 12.0 Å². The Labute approximate surface area is 112 Å². The number of carbonyl (C=O) groups is 1. The van der Waals surface area contributed by atoms with Crippen LogP contribution in [0.3, 0.4) is 0 Å². The van der Waals surface area contributed by atoms with Crippen LogP contribution >= 0.6 is 0 Å². The average molecular weight is 267 g/mol. The van der Waals surface area contributed by atoms with Gasteiger partial charge in [-0.25, -0.2) is 4.79 Å². The Hall–Kier alpha value is -1.33. The molecule has 1 aromatic heterocycles. The van der Waals surface area contributed by atoms with Crippen molar-refractivity contribution in [1.82, 2.24) is 5.32 Å². The first-order valence-corrected chi connectivity index (χ1v) is 6.73. The van der Waals surface area contributed by atoms with Crippen LogP contribution in [0.4, 0.5) is 0 Å². The highest BCUT2D eigenvalue weighted by atomic mass is 16.5. The maximum atomic E-state index is 11.3. The van der Waals surface area contributed by atoms with E-state index in [0.29, 0.717) is 18.0 Å². The molecular formula is C14H21NO4. The molecular weight excluding hydrogens is 246 g/mol. The first kappa shape index (κ1) is 14.1. The molecule has 0 atom stereocenters. The van der Waals surface area contributed by atoms with Crippen molar-refractivity contribution >= 4 is 5.97 Å². The molecule has 0 saturated heterocycles. The second-order valence-corrected chi connectivity index (χ2v) is 5.10. The van der Waals surface area contributed by atoms with Crippen LogP contribution in [0.15, 0.2) is 16.7 Å². The predicted molar refractivity (Wildman–Crippen MR) is 69.7 cm³/mol. The lowest BCUT2D eigenvalue weighted by molar-refractivity contribution is 0.0600. The van der Waals surface area contributed by atoms with Crippen molar-refractivity contribution in [3.63, 3.8) is 0 Å². The summed E-state index contributed by atoms with van der Waals surface area (Å²) in [5.74, 6) is 0.978. The van der Waals surface area contributed by atoms with Crippen LogP contribution in [-0.2, 0) is 11.3 Å². The van der Waals surface area contributed by atoms with Crippen molar-refractivity contribution in [2.45, 2.75) is 38.3 Å². The van der Waals surface area contributed by atoms with Gasteiger partial charge in [-0.2, -0.15) is 0 Å². The van der Waals surface area contributed by atoms with E-state index in [0.717, 1.165) is 38.0 Å². The molecule has 1 aliphatic carbocycles. The summed E-state index contributed by atoms with van der Waals surface area (Å²) in [5, 5.41) is 12.8. The van der Waals surface area contributed by atoms with Crippen molar-refractivity contribution in [2.75, 3.05) is 13.7 Å². The summed E-state index contributed by atoms with van der Waals surface area (Å²) in [6.45, 7) is 1.52. The quantitative estimate of drug-likeness (QED) is 0.795. The topological polar surface area (TPSA) is 71.7 Å². The van der Waals surface area contributed by atoms with E-state index in [1.807, 2.05) is 0 Å². The number of aliphatic hydroxyl groups excluding tert-OH is 1. The maximum Gasteiger partial charge on any atom is 0.341 e. The minimum absolute atomic E-state index is 0.107. The van der Waals surface area contributed by atoms with E-state index in [2.05, 4.69) is 10.1 Å². The number of carbonyl (C=O) groups excluding carboxylic acids is 1. The number of hydrogen-bond donors (Lipinski definition) is 2. The summed E-state index contributed by atoms with van der Waals surface area (Å²) in [6, 6.07) is 1.70. The Morgan fingerprint density at radius 2 is 2.21 bits per heavy atom. The lowest BCUT2D eigenvalue weighted by Gasteiger charge is -2.25. The number of ether oxygens (including phenoxy) is 1. The zero-order chi connectivity index (χ0) is 13.7. The maximum absolute atomic E-state index is 11.3. The van der Waals surface area contributed by atoms with E-state index in [4.69, 9.17) is 4.42 Å². The van der Waals surface area contributed by atoms with Crippen LogP contribution in [0.5, 0.6) is 0 Å². The summed E-state index contributed by atoms with van der Waals surface area (Å²) in [6.07, 6.45) is 5.25. The van der Waals surface area contributed by atoms with Crippen molar-refractivity contribution in [3.05, 3.63) is 23.7 Å². The first-order valence-electron chi connectivity index (χ1n) is 6.73. The van der Waals surface area contributed by atoms with Gasteiger partial charge >= 0.3 is 5.97 Å². The highest BCUT2D eigenvalue weighted by Crippen LogP contribution is 2.23. The summed E-state index contributed by atoms with van der Waals surface area (Å²) in [4.78, 5) is 11.3. The van der Waals surface area contributed by atoms with Gasteiger partial charge in [-0.3, -0.25) is 0 Å². The molecule has 1 fully saturated rings. The molecule has 1 aromatic rings. The number of furan rings is 1. The van der Waals surface area contributed by atoms with Gasteiger partial charge in [-0.05, 0) is 44.2 Å². The molecule has 106 valence electrons. The van der Waals surface area contributed by atoms with E-state index in [1.54, 1.807) is 6.07 Å². The fraction of sp³-hybridized carbons (Fsp3) is 0.643. The van der Waals surface area contributed by atoms with Crippen LogP contribution in [-0.4, -0.2) is 30.8 Å². The van der Waals surface area contributed by atoms with E-state index < -0.39 is 0 Å². The van der Waals surface area contributed by atoms with Crippen LogP contribution in [0.25, 0.3) is 0 Å². The van der Waals surface area contributed by atoms with Gasteiger partial charge in [-0.15, -0.1) is 0 Å². The molecule has 5 nitrogen and oxygen atoms in total. The van der Waals surface area contributed by atoms with E-state index in [-0.39, 0.29) is 12.1 Å². The highest BCUT2D eigenvalue weighted by molar-refractivity contribution is 5.88. The summed E-state index contributed by atoms with van der Waals surface area (Å²) in [5.41, 5.74) is 0.445. The number of rotatable bonds is 5. The first-order chi connectivity index (χ1) is 9.19.